The number of methoxy groups -OCH3 is 1. The van der Waals surface area contributed by atoms with Crippen molar-refractivity contribution in [3.8, 4) is 5.75 Å². The minimum atomic E-state index is -0.198. The summed E-state index contributed by atoms with van der Waals surface area (Å²) >= 11 is 0. The molecular weight excluding hydrogens is 331 g/mol. The summed E-state index contributed by atoms with van der Waals surface area (Å²) in [6.45, 7) is 4.22. The van der Waals surface area contributed by atoms with Gasteiger partial charge in [0.05, 0.1) is 7.11 Å². The lowest BCUT2D eigenvalue weighted by Crippen LogP contribution is -2.52. The van der Waals surface area contributed by atoms with Gasteiger partial charge in [0.25, 0.3) is 0 Å². The Bertz CT molecular complexity index is 696. The maximum absolute atomic E-state index is 14.1. The Kier molecular flexibility index (Phi) is 6.61. The minimum Gasteiger partial charge on any atom is -0.497 e. The molecule has 0 spiro atoms. The summed E-state index contributed by atoms with van der Waals surface area (Å²) in [5.74, 6) is 0.479. The van der Waals surface area contributed by atoms with Crippen molar-refractivity contribution >= 4 is 0 Å². The first-order chi connectivity index (χ1) is 12.7. The zero-order valence-electron chi connectivity index (χ0n) is 15.3. The van der Waals surface area contributed by atoms with Crippen molar-refractivity contribution in [1.82, 2.24) is 9.80 Å². The molecule has 1 aliphatic rings. The van der Waals surface area contributed by atoms with E-state index < -0.39 is 0 Å². The van der Waals surface area contributed by atoms with Crippen molar-refractivity contribution in [1.29, 1.82) is 0 Å². The Morgan fingerprint density at radius 3 is 2.65 bits per heavy atom. The van der Waals surface area contributed by atoms with Crippen LogP contribution in [0.15, 0.2) is 48.5 Å². The lowest BCUT2D eigenvalue weighted by Gasteiger charge is -2.41. The van der Waals surface area contributed by atoms with Gasteiger partial charge in [0, 0.05) is 50.9 Å². The number of benzene rings is 2. The Morgan fingerprint density at radius 2 is 1.92 bits per heavy atom. The Hall–Kier alpha value is -1.95. The minimum absolute atomic E-state index is 0.164. The number of piperazine rings is 1. The molecule has 0 saturated carbocycles. The molecule has 0 unspecified atom stereocenters. The van der Waals surface area contributed by atoms with Gasteiger partial charge in [-0.25, -0.2) is 4.39 Å². The number of nitrogens with zero attached hydrogens (tertiary/aromatic N) is 2. The SMILES string of the molecule is COc1ccc(F)c(CN2CCN(Cc3ccccc3)[C@H](CCO)C2)c1. The van der Waals surface area contributed by atoms with Gasteiger partial charge in [-0.3, -0.25) is 9.80 Å². The normalized spacial score (nSPS) is 18.8. The third-order valence-electron chi connectivity index (χ3n) is 5.03. The maximum Gasteiger partial charge on any atom is 0.127 e. The average Bonchev–Trinajstić information content (AvgIpc) is 2.66. The number of hydrogen-bond acceptors (Lipinski definition) is 4. The molecule has 4 nitrogen and oxygen atoms in total. The highest BCUT2D eigenvalue weighted by molar-refractivity contribution is 5.29. The maximum atomic E-state index is 14.1. The van der Waals surface area contributed by atoms with Gasteiger partial charge in [-0.05, 0) is 30.2 Å². The quantitative estimate of drug-likeness (QED) is 0.826. The van der Waals surface area contributed by atoms with Gasteiger partial charge in [-0.2, -0.15) is 0 Å². The highest BCUT2D eigenvalue weighted by Crippen LogP contribution is 2.22. The summed E-state index contributed by atoms with van der Waals surface area (Å²) in [5.41, 5.74) is 1.94. The van der Waals surface area contributed by atoms with Crippen LogP contribution >= 0.6 is 0 Å². The van der Waals surface area contributed by atoms with Crippen molar-refractivity contribution < 1.29 is 14.2 Å². The van der Waals surface area contributed by atoms with Gasteiger partial charge in [0.2, 0.25) is 0 Å². The van der Waals surface area contributed by atoms with E-state index in [0.717, 1.165) is 32.6 Å². The van der Waals surface area contributed by atoms with E-state index in [2.05, 4.69) is 34.1 Å². The monoisotopic (exact) mass is 358 g/mol. The number of ether oxygens (including phenoxy) is 1. The summed E-state index contributed by atoms with van der Waals surface area (Å²) in [4.78, 5) is 4.68. The summed E-state index contributed by atoms with van der Waals surface area (Å²) in [7, 11) is 1.59. The molecule has 140 valence electrons. The van der Waals surface area contributed by atoms with E-state index in [-0.39, 0.29) is 18.5 Å². The summed E-state index contributed by atoms with van der Waals surface area (Å²) < 4.78 is 19.4. The molecule has 0 bridgehead atoms. The zero-order chi connectivity index (χ0) is 18.4. The molecular formula is C21H27FN2O2. The van der Waals surface area contributed by atoms with Crippen molar-refractivity contribution in [2.24, 2.45) is 0 Å². The topological polar surface area (TPSA) is 35.9 Å². The van der Waals surface area contributed by atoms with Crippen LogP contribution in [0.2, 0.25) is 0 Å². The molecule has 5 heteroatoms. The van der Waals surface area contributed by atoms with Crippen LogP contribution in [0.4, 0.5) is 4.39 Å². The van der Waals surface area contributed by atoms with Crippen LogP contribution in [0.25, 0.3) is 0 Å². The number of hydrogen-bond donors (Lipinski definition) is 1. The van der Waals surface area contributed by atoms with Crippen LogP contribution < -0.4 is 4.74 Å². The molecule has 2 aromatic carbocycles. The van der Waals surface area contributed by atoms with Crippen LogP contribution in [-0.2, 0) is 13.1 Å². The van der Waals surface area contributed by atoms with Crippen LogP contribution in [0.3, 0.4) is 0 Å². The van der Waals surface area contributed by atoms with Crippen LogP contribution in [-0.4, -0.2) is 54.3 Å². The summed E-state index contributed by atoms with van der Waals surface area (Å²) in [6, 6.07) is 15.5. The van der Waals surface area contributed by atoms with Crippen molar-refractivity contribution in [2.75, 3.05) is 33.4 Å². The van der Waals surface area contributed by atoms with Gasteiger partial charge in [0.15, 0.2) is 0 Å². The molecule has 1 aliphatic heterocycles. The standard InChI is InChI=1S/C21H27FN2O2/c1-26-20-7-8-21(22)18(13-20)15-23-10-11-24(19(16-23)9-12-25)14-17-5-3-2-4-6-17/h2-8,13,19,25H,9-12,14-16H2,1H3/t19-/m1/s1. The molecule has 1 atom stereocenters. The molecule has 1 saturated heterocycles. The van der Waals surface area contributed by atoms with E-state index in [9.17, 15) is 9.50 Å². The summed E-state index contributed by atoms with van der Waals surface area (Å²) in [6.07, 6.45) is 0.726. The highest BCUT2D eigenvalue weighted by atomic mass is 19.1. The summed E-state index contributed by atoms with van der Waals surface area (Å²) in [5, 5.41) is 9.47. The molecule has 0 amide bonds. The molecule has 1 fully saturated rings. The largest absolute Gasteiger partial charge is 0.497 e. The van der Waals surface area contributed by atoms with Crippen LogP contribution in [0, 0.1) is 5.82 Å². The second-order valence-electron chi connectivity index (χ2n) is 6.81. The first kappa shape index (κ1) is 18.8. The van der Waals surface area contributed by atoms with Gasteiger partial charge in [-0.15, -0.1) is 0 Å². The fourth-order valence-corrected chi connectivity index (χ4v) is 3.59. The van der Waals surface area contributed by atoms with E-state index in [1.807, 2.05) is 6.07 Å². The number of rotatable bonds is 7. The predicted molar refractivity (Wildman–Crippen MR) is 101 cm³/mol. The Labute approximate surface area is 154 Å². The number of aliphatic hydroxyl groups is 1. The van der Waals surface area contributed by atoms with Gasteiger partial charge in [0.1, 0.15) is 11.6 Å². The average molecular weight is 358 g/mol. The van der Waals surface area contributed by atoms with Gasteiger partial charge >= 0.3 is 0 Å². The molecule has 0 aliphatic carbocycles. The third-order valence-corrected chi connectivity index (χ3v) is 5.03. The second kappa shape index (κ2) is 9.12. The zero-order valence-corrected chi connectivity index (χ0v) is 15.3. The van der Waals surface area contributed by atoms with Crippen LogP contribution in [0.1, 0.15) is 17.5 Å². The van der Waals surface area contributed by atoms with Crippen molar-refractivity contribution in [3.05, 3.63) is 65.5 Å². The van der Waals surface area contributed by atoms with E-state index in [4.69, 9.17) is 4.74 Å². The van der Waals surface area contributed by atoms with E-state index in [1.165, 1.54) is 11.6 Å². The van der Waals surface area contributed by atoms with E-state index >= 15 is 0 Å². The Morgan fingerprint density at radius 1 is 1.12 bits per heavy atom. The van der Waals surface area contributed by atoms with E-state index in [0.29, 0.717) is 17.9 Å². The number of halogens is 1. The third kappa shape index (κ3) is 4.81. The molecule has 0 radical (unpaired) electrons. The highest BCUT2D eigenvalue weighted by Gasteiger charge is 2.27. The second-order valence-corrected chi connectivity index (χ2v) is 6.81. The van der Waals surface area contributed by atoms with E-state index in [1.54, 1.807) is 19.2 Å². The smallest absolute Gasteiger partial charge is 0.127 e. The van der Waals surface area contributed by atoms with Crippen LogP contribution in [0.5, 0.6) is 5.75 Å². The first-order valence-corrected chi connectivity index (χ1v) is 9.13. The molecule has 2 aromatic rings. The molecule has 1 heterocycles. The molecule has 3 rings (SSSR count). The lowest BCUT2D eigenvalue weighted by atomic mass is 10.1. The van der Waals surface area contributed by atoms with Crippen molar-refractivity contribution in [2.45, 2.75) is 25.6 Å². The fourth-order valence-electron chi connectivity index (χ4n) is 3.59. The van der Waals surface area contributed by atoms with Gasteiger partial charge in [-0.1, -0.05) is 30.3 Å². The molecule has 26 heavy (non-hydrogen) atoms. The van der Waals surface area contributed by atoms with Crippen molar-refractivity contribution in [3.63, 3.8) is 0 Å². The predicted octanol–water partition coefficient (Wildman–Crippen LogP) is 2.90. The number of aliphatic hydroxyl groups excluding tert-OH is 1. The fraction of sp³-hybridized carbons (Fsp3) is 0.429. The Balaban J connectivity index is 1.65. The van der Waals surface area contributed by atoms with Gasteiger partial charge < -0.3 is 9.84 Å². The first-order valence-electron chi connectivity index (χ1n) is 9.13. The molecule has 1 N–H and O–H groups in total. The lowest BCUT2D eigenvalue weighted by molar-refractivity contribution is 0.0494. The molecule has 0 aromatic heterocycles.